The van der Waals surface area contributed by atoms with Gasteiger partial charge in [0, 0.05) is 23.4 Å². The van der Waals surface area contributed by atoms with Crippen LogP contribution in [0.3, 0.4) is 0 Å². The van der Waals surface area contributed by atoms with E-state index in [1.807, 2.05) is 24.3 Å². The van der Waals surface area contributed by atoms with E-state index >= 15 is 0 Å². The monoisotopic (exact) mass is 244 g/mol. The number of ether oxygens (including phenoxy) is 1. The smallest absolute Gasteiger partial charge is 0.124 e. The van der Waals surface area contributed by atoms with Crippen LogP contribution >= 0.6 is 0 Å². The predicted molar refractivity (Wildman–Crippen MR) is 71.1 cm³/mol. The van der Waals surface area contributed by atoms with Gasteiger partial charge in [0.1, 0.15) is 5.75 Å². The molecular formula is C15H20N2O. The molecule has 0 heterocycles. The molecule has 1 saturated carbocycles. The van der Waals surface area contributed by atoms with Crippen molar-refractivity contribution in [3.63, 3.8) is 0 Å². The van der Waals surface area contributed by atoms with Crippen LogP contribution in [0.25, 0.3) is 0 Å². The van der Waals surface area contributed by atoms with Crippen LogP contribution < -0.4 is 10.5 Å². The summed E-state index contributed by atoms with van der Waals surface area (Å²) in [6, 6.07) is 10.2. The average molecular weight is 244 g/mol. The molecule has 1 fully saturated rings. The van der Waals surface area contributed by atoms with Gasteiger partial charge in [0.25, 0.3) is 0 Å². The molecule has 0 spiro atoms. The SMILES string of the molecule is CCC(N)c1ccccc1OCC1(CC#N)CC1. The first-order valence-electron chi connectivity index (χ1n) is 6.55. The Morgan fingerprint density at radius 3 is 2.78 bits per heavy atom. The molecule has 18 heavy (non-hydrogen) atoms. The van der Waals surface area contributed by atoms with Crippen LogP contribution in [0, 0.1) is 16.7 Å². The predicted octanol–water partition coefficient (Wildman–Crippen LogP) is 3.17. The molecule has 1 aromatic carbocycles. The fourth-order valence-electron chi connectivity index (χ4n) is 2.09. The molecular weight excluding hydrogens is 224 g/mol. The van der Waals surface area contributed by atoms with Crippen LogP contribution in [0.4, 0.5) is 0 Å². The zero-order chi connectivity index (χ0) is 13.0. The fraction of sp³-hybridized carbons (Fsp3) is 0.533. The van der Waals surface area contributed by atoms with Gasteiger partial charge in [0.05, 0.1) is 12.7 Å². The van der Waals surface area contributed by atoms with Crippen LogP contribution in [0.1, 0.15) is 44.2 Å². The number of nitriles is 1. The Morgan fingerprint density at radius 2 is 2.17 bits per heavy atom. The first kappa shape index (κ1) is 12.9. The Labute approximate surface area is 109 Å². The molecule has 0 amide bonds. The van der Waals surface area contributed by atoms with Gasteiger partial charge in [-0.05, 0) is 25.3 Å². The van der Waals surface area contributed by atoms with Crippen molar-refractivity contribution in [2.75, 3.05) is 6.61 Å². The van der Waals surface area contributed by atoms with E-state index in [-0.39, 0.29) is 11.5 Å². The molecule has 0 radical (unpaired) electrons. The molecule has 2 rings (SSSR count). The molecule has 3 heteroatoms. The van der Waals surface area contributed by atoms with Gasteiger partial charge in [-0.15, -0.1) is 0 Å². The Hall–Kier alpha value is -1.53. The molecule has 0 aliphatic heterocycles. The summed E-state index contributed by atoms with van der Waals surface area (Å²) in [5, 5.41) is 8.79. The maximum atomic E-state index is 8.79. The maximum absolute atomic E-state index is 8.79. The third-order valence-electron chi connectivity index (χ3n) is 3.70. The fourth-order valence-corrected chi connectivity index (χ4v) is 2.09. The molecule has 1 aromatic rings. The molecule has 0 bridgehead atoms. The first-order valence-corrected chi connectivity index (χ1v) is 6.55. The van der Waals surface area contributed by atoms with Crippen molar-refractivity contribution in [1.82, 2.24) is 0 Å². The number of hydrogen-bond donors (Lipinski definition) is 1. The van der Waals surface area contributed by atoms with Crippen molar-refractivity contribution >= 4 is 0 Å². The summed E-state index contributed by atoms with van der Waals surface area (Å²) in [4.78, 5) is 0. The molecule has 1 atom stereocenters. The largest absolute Gasteiger partial charge is 0.493 e. The van der Waals surface area contributed by atoms with E-state index in [0.717, 1.165) is 30.6 Å². The average Bonchev–Trinajstić information content (AvgIpc) is 3.16. The van der Waals surface area contributed by atoms with Crippen molar-refractivity contribution in [3.05, 3.63) is 29.8 Å². The number of hydrogen-bond acceptors (Lipinski definition) is 3. The van der Waals surface area contributed by atoms with Gasteiger partial charge in [-0.25, -0.2) is 0 Å². The Balaban J connectivity index is 2.03. The lowest BCUT2D eigenvalue weighted by molar-refractivity contribution is 0.233. The lowest BCUT2D eigenvalue weighted by atomic mass is 10.0. The van der Waals surface area contributed by atoms with Gasteiger partial charge < -0.3 is 10.5 Å². The van der Waals surface area contributed by atoms with E-state index in [1.165, 1.54) is 0 Å². The molecule has 0 saturated heterocycles. The highest BCUT2D eigenvalue weighted by Gasteiger charge is 2.43. The number of para-hydroxylation sites is 1. The second kappa shape index (κ2) is 5.41. The topological polar surface area (TPSA) is 59.0 Å². The van der Waals surface area contributed by atoms with E-state index in [4.69, 9.17) is 15.7 Å². The van der Waals surface area contributed by atoms with Gasteiger partial charge in [-0.2, -0.15) is 5.26 Å². The third-order valence-corrected chi connectivity index (χ3v) is 3.70. The van der Waals surface area contributed by atoms with Crippen LogP contribution in [0.5, 0.6) is 5.75 Å². The number of nitrogens with two attached hydrogens (primary N) is 1. The van der Waals surface area contributed by atoms with Crippen molar-refractivity contribution < 1.29 is 4.74 Å². The summed E-state index contributed by atoms with van der Waals surface area (Å²) in [7, 11) is 0. The van der Waals surface area contributed by atoms with Crippen molar-refractivity contribution in [2.45, 2.75) is 38.6 Å². The van der Waals surface area contributed by atoms with E-state index in [9.17, 15) is 0 Å². The quantitative estimate of drug-likeness (QED) is 0.836. The van der Waals surface area contributed by atoms with Crippen LogP contribution in [-0.4, -0.2) is 6.61 Å². The molecule has 1 aliphatic rings. The van der Waals surface area contributed by atoms with E-state index in [1.54, 1.807) is 0 Å². The third kappa shape index (κ3) is 2.83. The van der Waals surface area contributed by atoms with Gasteiger partial charge in [-0.3, -0.25) is 0 Å². The lowest BCUT2D eigenvalue weighted by Gasteiger charge is -2.18. The summed E-state index contributed by atoms with van der Waals surface area (Å²) in [5.41, 5.74) is 7.25. The van der Waals surface area contributed by atoms with Gasteiger partial charge in [0.15, 0.2) is 0 Å². The normalized spacial score (nSPS) is 17.8. The highest BCUT2D eigenvalue weighted by Crippen LogP contribution is 2.48. The second-order valence-electron chi connectivity index (χ2n) is 5.18. The van der Waals surface area contributed by atoms with E-state index in [2.05, 4.69) is 13.0 Å². The van der Waals surface area contributed by atoms with Crippen LogP contribution in [0.2, 0.25) is 0 Å². The van der Waals surface area contributed by atoms with Gasteiger partial charge in [0.2, 0.25) is 0 Å². The second-order valence-corrected chi connectivity index (χ2v) is 5.18. The standard InChI is InChI=1S/C15H20N2O/c1-2-13(17)12-5-3-4-6-14(12)18-11-15(7-8-15)9-10-16/h3-6,13H,2,7-9,11,17H2,1H3. The Bertz CT molecular complexity index is 446. The molecule has 96 valence electrons. The number of rotatable bonds is 6. The number of benzene rings is 1. The molecule has 0 aromatic heterocycles. The highest BCUT2D eigenvalue weighted by atomic mass is 16.5. The van der Waals surface area contributed by atoms with Crippen LogP contribution in [-0.2, 0) is 0 Å². The van der Waals surface area contributed by atoms with E-state index < -0.39 is 0 Å². The summed E-state index contributed by atoms with van der Waals surface area (Å²) >= 11 is 0. The lowest BCUT2D eigenvalue weighted by Crippen LogP contribution is -2.15. The summed E-state index contributed by atoms with van der Waals surface area (Å²) in [6.45, 7) is 2.70. The first-order chi connectivity index (χ1) is 8.71. The summed E-state index contributed by atoms with van der Waals surface area (Å²) in [5.74, 6) is 0.871. The molecule has 1 unspecified atom stereocenters. The van der Waals surface area contributed by atoms with Gasteiger partial charge in [-0.1, -0.05) is 25.1 Å². The minimum absolute atomic E-state index is 0.0207. The zero-order valence-corrected chi connectivity index (χ0v) is 10.9. The molecule has 2 N–H and O–H groups in total. The van der Waals surface area contributed by atoms with Crippen molar-refractivity contribution in [2.24, 2.45) is 11.1 Å². The minimum atomic E-state index is 0.0207. The Kier molecular flexibility index (Phi) is 3.88. The molecule has 3 nitrogen and oxygen atoms in total. The maximum Gasteiger partial charge on any atom is 0.124 e. The highest BCUT2D eigenvalue weighted by molar-refractivity contribution is 5.35. The summed E-state index contributed by atoms with van der Waals surface area (Å²) in [6.07, 6.45) is 3.68. The number of nitrogens with zero attached hydrogens (tertiary/aromatic N) is 1. The van der Waals surface area contributed by atoms with Gasteiger partial charge >= 0.3 is 0 Å². The molecule has 1 aliphatic carbocycles. The van der Waals surface area contributed by atoms with Crippen molar-refractivity contribution in [1.29, 1.82) is 5.26 Å². The van der Waals surface area contributed by atoms with Crippen LogP contribution in [0.15, 0.2) is 24.3 Å². The van der Waals surface area contributed by atoms with Crippen molar-refractivity contribution in [3.8, 4) is 11.8 Å². The van der Waals surface area contributed by atoms with E-state index in [0.29, 0.717) is 13.0 Å². The summed E-state index contributed by atoms with van der Waals surface area (Å²) < 4.78 is 5.91. The zero-order valence-electron chi connectivity index (χ0n) is 10.9. The Morgan fingerprint density at radius 1 is 1.44 bits per heavy atom. The minimum Gasteiger partial charge on any atom is -0.493 e.